The van der Waals surface area contributed by atoms with E-state index in [0.29, 0.717) is 12.4 Å². The minimum atomic E-state index is -0.0174. The number of hydrogen-bond donors (Lipinski definition) is 0. The van der Waals surface area contributed by atoms with Gasteiger partial charge in [-0.25, -0.2) is 0 Å². The molecule has 1 aliphatic carbocycles. The lowest BCUT2D eigenvalue weighted by molar-refractivity contribution is 0.0922. The van der Waals surface area contributed by atoms with Crippen LogP contribution in [0.1, 0.15) is 81.8 Å². The van der Waals surface area contributed by atoms with Gasteiger partial charge in [0.25, 0.3) is 0 Å². The summed E-state index contributed by atoms with van der Waals surface area (Å²) in [4.78, 5) is 12.9. The van der Waals surface area contributed by atoms with Gasteiger partial charge in [-0.3, -0.25) is 4.79 Å². The Morgan fingerprint density at radius 2 is 1.82 bits per heavy atom. The zero-order valence-corrected chi connectivity index (χ0v) is 14.6. The highest BCUT2D eigenvalue weighted by molar-refractivity contribution is 5.98. The Kier molecular flexibility index (Phi) is 3.62. The van der Waals surface area contributed by atoms with Gasteiger partial charge in [-0.15, -0.1) is 0 Å². The second-order valence-corrected chi connectivity index (χ2v) is 8.67. The molecule has 0 unspecified atom stereocenters. The number of benzene rings is 1. The fourth-order valence-corrected chi connectivity index (χ4v) is 3.74. The summed E-state index contributed by atoms with van der Waals surface area (Å²) in [6.45, 7) is 11.7. The van der Waals surface area contributed by atoms with Gasteiger partial charge in [-0.1, -0.05) is 47.5 Å². The van der Waals surface area contributed by atoms with Gasteiger partial charge in [0, 0.05) is 28.0 Å². The van der Waals surface area contributed by atoms with Gasteiger partial charge < -0.3 is 4.74 Å². The molecule has 22 heavy (non-hydrogen) atoms. The molecule has 1 saturated carbocycles. The Hall–Kier alpha value is -1.31. The van der Waals surface area contributed by atoms with E-state index >= 15 is 0 Å². The van der Waals surface area contributed by atoms with Gasteiger partial charge in [-0.05, 0) is 30.4 Å². The first-order valence-electron chi connectivity index (χ1n) is 8.56. The standard InChI is InChI=1S/C20H28O2/c1-19(2,3)15-10-14(17(21)13-8-6-7-9-13)11-16-18(15)22-12-20(16,4)5/h10-11,13H,6-9,12H2,1-5H3. The van der Waals surface area contributed by atoms with Crippen LogP contribution in [-0.2, 0) is 10.8 Å². The Balaban J connectivity index is 2.11. The van der Waals surface area contributed by atoms with E-state index < -0.39 is 0 Å². The average molecular weight is 300 g/mol. The Morgan fingerprint density at radius 3 is 2.41 bits per heavy atom. The Bertz CT molecular complexity index is 599. The van der Waals surface area contributed by atoms with Gasteiger partial charge in [0.05, 0.1) is 6.61 Å². The fourth-order valence-electron chi connectivity index (χ4n) is 3.74. The summed E-state index contributed by atoms with van der Waals surface area (Å²) in [5.74, 6) is 1.59. The number of ketones is 1. The molecule has 1 heterocycles. The number of hydrogen-bond acceptors (Lipinski definition) is 2. The topological polar surface area (TPSA) is 26.3 Å². The lowest BCUT2D eigenvalue weighted by atomic mass is 9.78. The number of fused-ring (bicyclic) bond motifs is 1. The first-order valence-corrected chi connectivity index (χ1v) is 8.56. The minimum absolute atomic E-state index is 0.0126. The van der Waals surface area contributed by atoms with Crippen molar-refractivity contribution < 1.29 is 9.53 Å². The summed E-state index contributed by atoms with van der Waals surface area (Å²) in [6, 6.07) is 4.21. The van der Waals surface area contributed by atoms with Crippen molar-refractivity contribution in [1.29, 1.82) is 0 Å². The molecule has 1 aliphatic heterocycles. The summed E-state index contributed by atoms with van der Waals surface area (Å²) in [5.41, 5.74) is 3.25. The van der Waals surface area contributed by atoms with E-state index in [4.69, 9.17) is 4.74 Å². The summed E-state index contributed by atoms with van der Waals surface area (Å²) < 4.78 is 6.02. The monoisotopic (exact) mass is 300 g/mol. The number of rotatable bonds is 2. The van der Waals surface area contributed by atoms with Crippen LogP contribution < -0.4 is 4.74 Å². The van der Waals surface area contributed by atoms with Crippen LogP contribution in [0.4, 0.5) is 0 Å². The SMILES string of the molecule is CC(C)(C)c1cc(C(=O)C2CCCC2)cc2c1OCC2(C)C. The van der Waals surface area contributed by atoms with Gasteiger partial charge in [-0.2, -0.15) is 0 Å². The second kappa shape index (κ2) is 5.11. The Morgan fingerprint density at radius 1 is 1.18 bits per heavy atom. The largest absolute Gasteiger partial charge is 0.492 e. The molecule has 0 spiro atoms. The maximum absolute atomic E-state index is 12.9. The van der Waals surface area contributed by atoms with Gasteiger partial charge >= 0.3 is 0 Å². The van der Waals surface area contributed by atoms with Gasteiger partial charge in [0.15, 0.2) is 5.78 Å². The molecule has 0 amide bonds. The van der Waals surface area contributed by atoms with Crippen molar-refractivity contribution in [3.63, 3.8) is 0 Å². The molecule has 1 aromatic rings. The molecule has 0 bridgehead atoms. The molecule has 2 aliphatic rings. The molecule has 2 heteroatoms. The molecule has 0 radical (unpaired) electrons. The van der Waals surface area contributed by atoms with Crippen molar-refractivity contribution in [2.75, 3.05) is 6.61 Å². The van der Waals surface area contributed by atoms with Crippen molar-refractivity contribution in [2.45, 2.75) is 71.1 Å². The summed E-state index contributed by atoms with van der Waals surface area (Å²) in [7, 11) is 0. The predicted molar refractivity (Wildman–Crippen MR) is 90.0 cm³/mol. The molecular weight excluding hydrogens is 272 g/mol. The third kappa shape index (κ3) is 2.57. The van der Waals surface area contributed by atoms with E-state index in [-0.39, 0.29) is 16.7 Å². The lowest BCUT2D eigenvalue weighted by Crippen LogP contribution is -2.20. The van der Waals surface area contributed by atoms with Crippen LogP contribution in [-0.4, -0.2) is 12.4 Å². The molecule has 0 N–H and O–H groups in total. The van der Waals surface area contributed by atoms with Crippen LogP contribution in [0.2, 0.25) is 0 Å². The minimum Gasteiger partial charge on any atom is -0.492 e. The summed E-state index contributed by atoms with van der Waals surface area (Å²) >= 11 is 0. The van der Waals surface area contributed by atoms with Gasteiger partial charge in [0.1, 0.15) is 5.75 Å². The second-order valence-electron chi connectivity index (χ2n) is 8.67. The van der Waals surface area contributed by atoms with Crippen LogP contribution in [0.5, 0.6) is 5.75 Å². The van der Waals surface area contributed by atoms with E-state index in [1.807, 2.05) is 0 Å². The van der Waals surface area contributed by atoms with Crippen molar-refractivity contribution in [3.8, 4) is 5.75 Å². The van der Waals surface area contributed by atoms with Crippen molar-refractivity contribution >= 4 is 5.78 Å². The molecule has 0 saturated heterocycles. The van der Waals surface area contributed by atoms with Crippen LogP contribution in [0.15, 0.2) is 12.1 Å². The van der Waals surface area contributed by atoms with Crippen molar-refractivity contribution in [2.24, 2.45) is 5.92 Å². The molecule has 3 rings (SSSR count). The predicted octanol–water partition coefficient (Wildman–Crippen LogP) is 5.03. The first-order chi connectivity index (χ1) is 10.2. The lowest BCUT2D eigenvalue weighted by Gasteiger charge is -2.24. The molecular formula is C20H28O2. The van der Waals surface area contributed by atoms with Crippen LogP contribution in [0, 0.1) is 5.92 Å². The molecule has 0 aromatic heterocycles. The normalized spacial score (nSPS) is 20.8. The number of carbonyl (C=O) groups is 1. The highest BCUT2D eigenvalue weighted by Crippen LogP contribution is 2.45. The number of ether oxygens (including phenoxy) is 1. The zero-order valence-electron chi connectivity index (χ0n) is 14.6. The highest BCUT2D eigenvalue weighted by atomic mass is 16.5. The maximum atomic E-state index is 12.9. The molecule has 1 aromatic carbocycles. The van der Waals surface area contributed by atoms with E-state index in [9.17, 15) is 4.79 Å². The fraction of sp³-hybridized carbons (Fsp3) is 0.650. The number of Topliss-reactive ketones (excluding diaryl/α,β-unsaturated/α-hetero) is 1. The van der Waals surface area contributed by atoms with Gasteiger partial charge in [0.2, 0.25) is 0 Å². The van der Waals surface area contributed by atoms with E-state index in [1.165, 1.54) is 24.0 Å². The molecule has 1 fully saturated rings. The third-order valence-electron chi connectivity index (χ3n) is 5.21. The Labute approximate surface area is 134 Å². The highest BCUT2D eigenvalue weighted by Gasteiger charge is 2.37. The molecule has 2 nitrogen and oxygen atoms in total. The average Bonchev–Trinajstić information content (AvgIpc) is 3.05. The van der Waals surface area contributed by atoms with Crippen LogP contribution in [0.3, 0.4) is 0 Å². The summed E-state index contributed by atoms with van der Waals surface area (Å²) in [5, 5.41) is 0. The van der Waals surface area contributed by atoms with E-state index in [0.717, 1.165) is 24.2 Å². The molecule has 0 atom stereocenters. The summed E-state index contributed by atoms with van der Waals surface area (Å²) in [6.07, 6.45) is 4.51. The first kappa shape index (κ1) is 15.6. The third-order valence-corrected chi connectivity index (χ3v) is 5.21. The van der Waals surface area contributed by atoms with Crippen LogP contribution >= 0.6 is 0 Å². The molecule has 120 valence electrons. The van der Waals surface area contributed by atoms with Crippen LogP contribution in [0.25, 0.3) is 0 Å². The van der Waals surface area contributed by atoms with Crippen molar-refractivity contribution in [3.05, 3.63) is 28.8 Å². The number of carbonyl (C=O) groups excluding carboxylic acids is 1. The smallest absolute Gasteiger partial charge is 0.165 e. The quantitative estimate of drug-likeness (QED) is 0.716. The van der Waals surface area contributed by atoms with Crippen molar-refractivity contribution in [1.82, 2.24) is 0 Å². The van der Waals surface area contributed by atoms with E-state index in [2.05, 4.69) is 46.8 Å². The zero-order chi connectivity index (χ0) is 16.1. The van der Waals surface area contributed by atoms with E-state index in [1.54, 1.807) is 0 Å². The maximum Gasteiger partial charge on any atom is 0.165 e.